The molecule has 4 nitrogen and oxygen atoms in total. The molecule has 0 atom stereocenters. The summed E-state index contributed by atoms with van der Waals surface area (Å²) < 4.78 is 23.8. The predicted molar refractivity (Wildman–Crippen MR) is 79.8 cm³/mol. The van der Waals surface area contributed by atoms with Crippen molar-refractivity contribution >= 4 is 5.97 Å². The lowest BCUT2D eigenvalue weighted by atomic mass is 10.2. The molecule has 0 aromatic heterocycles. The Morgan fingerprint density at radius 2 is 2.05 bits per heavy atom. The summed E-state index contributed by atoms with van der Waals surface area (Å²) in [6, 6.07) is 10.5. The molecule has 2 rings (SSSR count). The molecule has 0 aliphatic rings. The van der Waals surface area contributed by atoms with Gasteiger partial charge < -0.3 is 14.6 Å². The Bertz CT molecular complexity index is 682. The van der Waals surface area contributed by atoms with E-state index in [0.717, 1.165) is 0 Å². The van der Waals surface area contributed by atoms with Crippen LogP contribution in [0.5, 0.6) is 11.5 Å². The van der Waals surface area contributed by atoms with E-state index in [2.05, 4.69) is 6.58 Å². The first kappa shape index (κ1) is 15.6. The Kier molecular flexibility index (Phi) is 5.14. The van der Waals surface area contributed by atoms with Gasteiger partial charge in [0, 0.05) is 0 Å². The van der Waals surface area contributed by atoms with E-state index in [1.807, 2.05) is 0 Å². The van der Waals surface area contributed by atoms with E-state index in [0.29, 0.717) is 11.3 Å². The monoisotopic (exact) mass is 302 g/mol. The number of carboxylic acids is 1. The van der Waals surface area contributed by atoms with Crippen molar-refractivity contribution in [1.29, 1.82) is 0 Å². The summed E-state index contributed by atoms with van der Waals surface area (Å²) >= 11 is 0. The average molecular weight is 302 g/mol. The van der Waals surface area contributed by atoms with Gasteiger partial charge in [0.1, 0.15) is 36.1 Å². The van der Waals surface area contributed by atoms with Crippen molar-refractivity contribution in [2.24, 2.45) is 0 Å². The van der Waals surface area contributed by atoms with E-state index in [1.165, 1.54) is 30.3 Å². The van der Waals surface area contributed by atoms with Crippen LogP contribution in [-0.4, -0.2) is 17.7 Å². The van der Waals surface area contributed by atoms with Crippen molar-refractivity contribution in [2.75, 3.05) is 6.61 Å². The minimum absolute atomic E-state index is 0.00130. The van der Waals surface area contributed by atoms with Gasteiger partial charge in [-0.1, -0.05) is 24.8 Å². The molecule has 0 radical (unpaired) electrons. The topological polar surface area (TPSA) is 55.8 Å². The van der Waals surface area contributed by atoms with Crippen molar-refractivity contribution in [3.8, 4) is 11.5 Å². The van der Waals surface area contributed by atoms with E-state index in [4.69, 9.17) is 9.47 Å². The number of hydrogen-bond donors (Lipinski definition) is 1. The number of benzene rings is 2. The number of ether oxygens (including phenoxy) is 2. The number of halogens is 1. The van der Waals surface area contributed by atoms with Crippen LogP contribution in [0.4, 0.5) is 4.39 Å². The van der Waals surface area contributed by atoms with Gasteiger partial charge in [-0.25, -0.2) is 9.18 Å². The largest absolute Gasteiger partial charge is 0.489 e. The molecule has 2 aromatic rings. The van der Waals surface area contributed by atoms with Crippen LogP contribution < -0.4 is 9.47 Å². The van der Waals surface area contributed by atoms with Crippen molar-refractivity contribution in [3.63, 3.8) is 0 Å². The molecule has 0 saturated heterocycles. The fourth-order valence-corrected chi connectivity index (χ4v) is 1.83. The molecule has 0 aliphatic heterocycles. The fraction of sp³-hybridized carbons (Fsp3) is 0.118. The van der Waals surface area contributed by atoms with Crippen LogP contribution in [0.25, 0.3) is 0 Å². The van der Waals surface area contributed by atoms with Crippen LogP contribution in [0.1, 0.15) is 15.9 Å². The smallest absolute Gasteiger partial charge is 0.339 e. The summed E-state index contributed by atoms with van der Waals surface area (Å²) in [5.41, 5.74) is 0.655. The third kappa shape index (κ3) is 4.09. The van der Waals surface area contributed by atoms with E-state index in [9.17, 15) is 14.3 Å². The quantitative estimate of drug-likeness (QED) is 0.793. The molecular weight excluding hydrogens is 287 g/mol. The summed E-state index contributed by atoms with van der Waals surface area (Å²) in [5.74, 6) is -0.853. The Morgan fingerprint density at radius 1 is 1.23 bits per heavy atom. The minimum atomic E-state index is -1.12. The van der Waals surface area contributed by atoms with Gasteiger partial charge in [-0.2, -0.15) is 0 Å². The van der Waals surface area contributed by atoms with Crippen LogP contribution in [-0.2, 0) is 6.61 Å². The Labute approximate surface area is 127 Å². The molecule has 0 heterocycles. The first-order valence-corrected chi connectivity index (χ1v) is 6.58. The molecule has 22 heavy (non-hydrogen) atoms. The highest BCUT2D eigenvalue weighted by Gasteiger charge is 2.13. The molecule has 0 aliphatic carbocycles. The van der Waals surface area contributed by atoms with Crippen molar-refractivity contribution < 1.29 is 23.8 Å². The third-order valence-electron chi connectivity index (χ3n) is 2.83. The molecule has 1 N–H and O–H groups in total. The van der Waals surface area contributed by atoms with Crippen LogP contribution in [0.15, 0.2) is 55.1 Å². The van der Waals surface area contributed by atoms with Gasteiger partial charge in [0.15, 0.2) is 0 Å². The summed E-state index contributed by atoms with van der Waals surface area (Å²) in [7, 11) is 0. The zero-order valence-electron chi connectivity index (χ0n) is 11.8. The van der Waals surface area contributed by atoms with Crippen molar-refractivity contribution in [1.82, 2.24) is 0 Å². The predicted octanol–water partition coefficient (Wildman–Crippen LogP) is 3.67. The van der Waals surface area contributed by atoms with Gasteiger partial charge in [-0.3, -0.25) is 0 Å². The number of carboxylic acid groups (broad SMARTS) is 1. The van der Waals surface area contributed by atoms with Gasteiger partial charge in [-0.15, -0.1) is 0 Å². The molecule has 0 saturated carbocycles. The van der Waals surface area contributed by atoms with E-state index >= 15 is 0 Å². The van der Waals surface area contributed by atoms with Crippen molar-refractivity contribution in [2.45, 2.75) is 6.61 Å². The summed E-state index contributed by atoms with van der Waals surface area (Å²) in [6.45, 7) is 3.86. The highest BCUT2D eigenvalue weighted by Crippen LogP contribution is 2.25. The van der Waals surface area contributed by atoms with Gasteiger partial charge in [-0.05, 0) is 35.9 Å². The molecule has 5 heteroatoms. The van der Waals surface area contributed by atoms with Gasteiger partial charge in [0.05, 0.1) is 0 Å². The molecule has 2 aromatic carbocycles. The molecule has 0 fully saturated rings. The van der Waals surface area contributed by atoms with Gasteiger partial charge in [0.2, 0.25) is 0 Å². The summed E-state index contributed by atoms with van der Waals surface area (Å²) in [6.07, 6.45) is 1.53. The second-order valence-electron chi connectivity index (χ2n) is 4.48. The highest BCUT2D eigenvalue weighted by molar-refractivity contribution is 5.91. The van der Waals surface area contributed by atoms with E-state index < -0.39 is 5.97 Å². The first-order chi connectivity index (χ1) is 10.6. The van der Waals surface area contributed by atoms with Gasteiger partial charge >= 0.3 is 5.97 Å². The molecule has 0 amide bonds. The zero-order chi connectivity index (χ0) is 15.9. The summed E-state index contributed by atoms with van der Waals surface area (Å²) in [5, 5.41) is 9.20. The molecule has 114 valence electrons. The van der Waals surface area contributed by atoms with Crippen LogP contribution >= 0.6 is 0 Å². The highest BCUT2D eigenvalue weighted by atomic mass is 19.1. The molecule has 0 unspecified atom stereocenters. The Balaban J connectivity index is 2.12. The lowest BCUT2D eigenvalue weighted by molar-refractivity contribution is 0.0692. The molecular formula is C17H15FO4. The standard InChI is InChI=1S/C17H15FO4/c1-2-8-21-16-7-6-14(10-15(16)17(19)20)22-11-12-4-3-5-13(18)9-12/h2-7,9-10H,1,8,11H2,(H,19,20). The fourth-order valence-electron chi connectivity index (χ4n) is 1.83. The van der Waals surface area contributed by atoms with Crippen LogP contribution in [0.2, 0.25) is 0 Å². The normalized spacial score (nSPS) is 10.0. The summed E-state index contributed by atoms with van der Waals surface area (Å²) in [4.78, 5) is 11.2. The average Bonchev–Trinajstić information content (AvgIpc) is 2.51. The first-order valence-electron chi connectivity index (χ1n) is 6.58. The third-order valence-corrected chi connectivity index (χ3v) is 2.83. The second-order valence-corrected chi connectivity index (χ2v) is 4.48. The zero-order valence-corrected chi connectivity index (χ0v) is 11.8. The Morgan fingerprint density at radius 3 is 2.73 bits per heavy atom. The van der Waals surface area contributed by atoms with Crippen molar-refractivity contribution in [3.05, 3.63) is 72.1 Å². The van der Waals surface area contributed by atoms with Crippen LogP contribution in [0.3, 0.4) is 0 Å². The maximum Gasteiger partial charge on any atom is 0.339 e. The van der Waals surface area contributed by atoms with Crippen LogP contribution in [0, 0.1) is 5.82 Å². The van der Waals surface area contributed by atoms with Gasteiger partial charge in [0.25, 0.3) is 0 Å². The minimum Gasteiger partial charge on any atom is -0.489 e. The number of carbonyl (C=O) groups is 1. The SMILES string of the molecule is C=CCOc1ccc(OCc2cccc(F)c2)cc1C(=O)O. The van der Waals surface area contributed by atoms with E-state index in [1.54, 1.807) is 18.2 Å². The number of aromatic carboxylic acids is 1. The van der Waals surface area contributed by atoms with E-state index in [-0.39, 0.29) is 30.3 Å². The lowest BCUT2D eigenvalue weighted by Gasteiger charge is -2.11. The molecule has 0 spiro atoms. The number of rotatable bonds is 7. The Hall–Kier alpha value is -2.82. The maximum absolute atomic E-state index is 13.1. The number of hydrogen-bond acceptors (Lipinski definition) is 3. The maximum atomic E-state index is 13.1. The molecule has 0 bridgehead atoms. The second kappa shape index (κ2) is 7.26. The lowest BCUT2D eigenvalue weighted by Crippen LogP contribution is -2.04.